The molecule has 1 unspecified atom stereocenters. The van der Waals surface area contributed by atoms with Crippen molar-refractivity contribution in [3.05, 3.63) is 11.6 Å². The van der Waals surface area contributed by atoms with Crippen molar-refractivity contribution in [1.29, 1.82) is 0 Å². The van der Waals surface area contributed by atoms with E-state index in [9.17, 15) is 0 Å². The maximum absolute atomic E-state index is 2.50. The van der Waals surface area contributed by atoms with Crippen LogP contribution in [0.4, 0.5) is 0 Å². The molecule has 0 radical (unpaired) electrons. The fourth-order valence-electron chi connectivity index (χ4n) is 1.84. The molecule has 1 fully saturated rings. The summed E-state index contributed by atoms with van der Waals surface area (Å²) in [5, 5.41) is 0. The molecule has 1 atom stereocenters. The lowest BCUT2D eigenvalue weighted by molar-refractivity contribution is 0.688. The second-order valence-electron chi connectivity index (χ2n) is 3.99. The minimum atomic E-state index is 0.883. The summed E-state index contributed by atoms with van der Waals surface area (Å²) in [4.78, 5) is 0. The normalized spacial score (nSPS) is 32.5. The Morgan fingerprint density at radius 1 is 1.40 bits per heavy atom. The van der Waals surface area contributed by atoms with Gasteiger partial charge in [-0.05, 0) is 43.9 Å². The first kappa shape index (κ1) is 6.45. The van der Waals surface area contributed by atoms with Crippen LogP contribution in [-0.4, -0.2) is 0 Å². The summed E-state index contributed by atoms with van der Waals surface area (Å²) in [5.41, 5.74) is 1.76. The molecule has 0 heterocycles. The highest BCUT2D eigenvalue weighted by atomic mass is 14.3. The minimum Gasteiger partial charge on any atom is -0.0825 e. The van der Waals surface area contributed by atoms with Crippen LogP contribution in [0.1, 0.15) is 39.0 Å². The van der Waals surface area contributed by atoms with Crippen LogP contribution in [0.2, 0.25) is 0 Å². The van der Waals surface area contributed by atoms with Crippen LogP contribution in [0.25, 0.3) is 0 Å². The van der Waals surface area contributed by atoms with Crippen molar-refractivity contribution in [3.63, 3.8) is 0 Å². The first-order valence-corrected chi connectivity index (χ1v) is 4.54. The van der Waals surface area contributed by atoms with Gasteiger partial charge in [-0.25, -0.2) is 0 Å². The van der Waals surface area contributed by atoms with Crippen LogP contribution in [-0.2, 0) is 0 Å². The topological polar surface area (TPSA) is 0 Å². The standard InChI is InChI=1S/C10H16/c1-8-2-3-10(6-8)7-9-4-5-9/h6,8-9H,2-5,7H2,1H3. The Bertz CT molecular complexity index is 151. The Kier molecular flexibility index (Phi) is 1.55. The highest BCUT2D eigenvalue weighted by molar-refractivity contribution is 5.11. The third-order valence-corrected chi connectivity index (χ3v) is 2.69. The van der Waals surface area contributed by atoms with Crippen LogP contribution in [0.5, 0.6) is 0 Å². The zero-order chi connectivity index (χ0) is 6.97. The Labute approximate surface area is 63.3 Å². The van der Waals surface area contributed by atoms with E-state index in [4.69, 9.17) is 0 Å². The Morgan fingerprint density at radius 3 is 2.70 bits per heavy atom. The molecule has 0 nitrogen and oxygen atoms in total. The quantitative estimate of drug-likeness (QED) is 0.511. The minimum absolute atomic E-state index is 0.883. The van der Waals surface area contributed by atoms with Crippen LogP contribution in [0, 0.1) is 11.8 Å². The highest BCUT2D eigenvalue weighted by Crippen LogP contribution is 2.38. The van der Waals surface area contributed by atoms with E-state index in [0.29, 0.717) is 0 Å². The average molecular weight is 136 g/mol. The lowest BCUT2D eigenvalue weighted by Gasteiger charge is -1.95. The van der Waals surface area contributed by atoms with Gasteiger partial charge in [0.05, 0.1) is 0 Å². The van der Waals surface area contributed by atoms with E-state index in [0.717, 1.165) is 11.8 Å². The van der Waals surface area contributed by atoms with E-state index in [-0.39, 0.29) is 0 Å². The van der Waals surface area contributed by atoms with Crippen LogP contribution >= 0.6 is 0 Å². The zero-order valence-electron chi connectivity index (χ0n) is 6.77. The number of hydrogen-bond donors (Lipinski definition) is 0. The van der Waals surface area contributed by atoms with Gasteiger partial charge >= 0.3 is 0 Å². The zero-order valence-corrected chi connectivity index (χ0v) is 6.77. The molecule has 56 valence electrons. The molecule has 0 spiro atoms. The molecule has 1 saturated carbocycles. The molecule has 0 bridgehead atoms. The van der Waals surface area contributed by atoms with Gasteiger partial charge in [0.25, 0.3) is 0 Å². The van der Waals surface area contributed by atoms with E-state index in [1.54, 1.807) is 5.57 Å². The van der Waals surface area contributed by atoms with Gasteiger partial charge in [-0.1, -0.05) is 18.6 Å². The number of rotatable bonds is 2. The van der Waals surface area contributed by atoms with Crippen molar-refractivity contribution in [1.82, 2.24) is 0 Å². The van der Waals surface area contributed by atoms with Gasteiger partial charge in [0.2, 0.25) is 0 Å². The SMILES string of the molecule is CC1C=C(CC2CC2)CC1. The lowest BCUT2D eigenvalue weighted by Crippen LogP contribution is -1.79. The van der Waals surface area contributed by atoms with Crippen LogP contribution in [0.3, 0.4) is 0 Å². The molecule has 2 rings (SSSR count). The summed E-state index contributed by atoms with van der Waals surface area (Å²) < 4.78 is 0. The van der Waals surface area contributed by atoms with Gasteiger partial charge in [-0.15, -0.1) is 0 Å². The van der Waals surface area contributed by atoms with Crippen molar-refractivity contribution in [2.45, 2.75) is 39.0 Å². The molecule has 10 heavy (non-hydrogen) atoms. The fraction of sp³-hybridized carbons (Fsp3) is 0.800. The molecule has 0 aromatic carbocycles. The summed E-state index contributed by atoms with van der Waals surface area (Å²) in [6, 6.07) is 0. The monoisotopic (exact) mass is 136 g/mol. The summed E-state index contributed by atoms with van der Waals surface area (Å²) in [7, 11) is 0. The second kappa shape index (κ2) is 2.41. The third kappa shape index (κ3) is 1.42. The Morgan fingerprint density at radius 2 is 2.20 bits per heavy atom. The fourth-order valence-corrected chi connectivity index (χ4v) is 1.84. The summed E-state index contributed by atoms with van der Waals surface area (Å²) in [6.07, 6.45) is 9.76. The first-order valence-electron chi connectivity index (χ1n) is 4.54. The van der Waals surface area contributed by atoms with Crippen molar-refractivity contribution in [2.24, 2.45) is 11.8 Å². The summed E-state index contributed by atoms with van der Waals surface area (Å²) in [6.45, 7) is 2.33. The van der Waals surface area contributed by atoms with E-state index < -0.39 is 0 Å². The average Bonchev–Trinajstić information content (AvgIpc) is 2.59. The molecular weight excluding hydrogens is 120 g/mol. The highest BCUT2D eigenvalue weighted by Gasteiger charge is 2.24. The van der Waals surface area contributed by atoms with Gasteiger partial charge in [-0.2, -0.15) is 0 Å². The third-order valence-electron chi connectivity index (χ3n) is 2.69. The summed E-state index contributed by atoms with van der Waals surface area (Å²) >= 11 is 0. The van der Waals surface area contributed by atoms with Crippen molar-refractivity contribution >= 4 is 0 Å². The Hall–Kier alpha value is -0.260. The van der Waals surface area contributed by atoms with E-state index in [2.05, 4.69) is 13.0 Å². The van der Waals surface area contributed by atoms with Crippen molar-refractivity contribution < 1.29 is 0 Å². The van der Waals surface area contributed by atoms with E-state index >= 15 is 0 Å². The van der Waals surface area contributed by atoms with Crippen LogP contribution < -0.4 is 0 Å². The predicted octanol–water partition coefficient (Wildman–Crippen LogP) is 3.14. The first-order chi connectivity index (χ1) is 4.84. The van der Waals surface area contributed by atoms with Gasteiger partial charge in [0.1, 0.15) is 0 Å². The molecule has 0 N–H and O–H groups in total. The molecule has 0 amide bonds. The largest absolute Gasteiger partial charge is 0.0825 e. The summed E-state index contributed by atoms with van der Waals surface area (Å²) in [5.74, 6) is 1.98. The van der Waals surface area contributed by atoms with Crippen LogP contribution in [0.15, 0.2) is 11.6 Å². The van der Waals surface area contributed by atoms with Gasteiger partial charge in [-0.3, -0.25) is 0 Å². The van der Waals surface area contributed by atoms with E-state index in [1.165, 1.54) is 32.1 Å². The molecule has 2 aliphatic carbocycles. The van der Waals surface area contributed by atoms with Gasteiger partial charge in [0.15, 0.2) is 0 Å². The van der Waals surface area contributed by atoms with Gasteiger partial charge < -0.3 is 0 Å². The van der Waals surface area contributed by atoms with Crippen molar-refractivity contribution in [3.8, 4) is 0 Å². The van der Waals surface area contributed by atoms with E-state index in [1.807, 2.05) is 0 Å². The smallest absolute Gasteiger partial charge is 0.0256 e. The molecular formula is C10H16. The maximum atomic E-state index is 2.50. The number of hydrogen-bond acceptors (Lipinski definition) is 0. The molecule has 0 aromatic heterocycles. The molecule has 0 saturated heterocycles. The molecule has 2 aliphatic rings. The van der Waals surface area contributed by atoms with Gasteiger partial charge in [0, 0.05) is 0 Å². The maximum Gasteiger partial charge on any atom is -0.0256 e. The second-order valence-corrected chi connectivity index (χ2v) is 3.99. The van der Waals surface area contributed by atoms with Crippen molar-refractivity contribution in [2.75, 3.05) is 0 Å². The molecule has 0 aromatic rings. The predicted molar refractivity (Wildman–Crippen MR) is 43.8 cm³/mol. The molecule has 0 aliphatic heterocycles. The Balaban J connectivity index is 1.85. The lowest BCUT2D eigenvalue weighted by atomic mass is 10.1. The number of allylic oxidation sites excluding steroid dienone is 2. The molecule has 0 heteroatoms.